The molecule has 1 heterocycles. The first-order valence-corrected chi connectivity index (χ1v) is 8.61. The van der Waals surface area contributed by atoms with Gasteiger partial charge >= 0.3 is 0 Å². The van der Waals surface area contributed by atoms with Crippen molar-refractivity contribution in [2.45, 2.75) is 12.8 Å². The molecule has 0 saturated heterocycles. The van der Waals surface area contributed by atoms with E-state index in [9.17, 15) is 9.18 Å². The third-order valence-electron chi connectivity index (χ3n) is 3.51. The summed E-state index contributed by atoms with van der Waals surface area (Å²) in [6.45, 7) is 4.34. The molecule has 25 heavy (non-hydrogen) atoms. The number of halogens is 2. The first kappa shape index (κ1) is 19.3. The number of aryl methyl sites for hydroxylation is 1. The van der Waals surface area contributed by atoms with Crippen molar-refractivity contribution in [2.75, 3.05) is 13.7 Å². The average Bonchev–Trinajstić information content (AvgIpc) is 2.62. The van der Waals surface area contributed by atoms with Gasteiger partial charge in [0.2, 0.25) is 0 Å². The van der Waals surface area contributed by atoms with Gasteiger partial charge in [0.1, 0.15) is 34.5 Å². The maximum absolute atomic E-state index is 13.2. The molecule has 1 aromatic heterocycles. The van der Waals surface area contributed by atoms with Crippen LogP contribution in [-0.4, -0.2) is 23.2 Å². The van der Waals surface area contributed by atoms with Gasteiger partial charge in [-0.25, -0.2) is 9.37 Å². The predicted molar refractivity (Wildman–Crippen MR) is 105 cm³/mol. The van der Waals surface area contributed by atoms with E-state index >= 15 is 0 Å². The summed E-state index contributed by atoms with van der Waals surface area (Å²) in [7, 11) is 1.74. The van der Waals surface area contributed by atoms with E-state index in [4.69, 9.17) is 3.07 Å². The zero-order valence-electron chi connectivity index (χ0n) is 13.8. The minimum absolute atomic E-state index is 0.290. The van der Waals surface area contributed by atoms with Crippen molar-refractivity contribution in [2.24, 2.45) is 0 Å². The molecule has 0 bridgehead atoms. The molecule has 0 fully saturated rings. The minimum atomic E-state index is -0.354. The lowest BCUT2D eigenvalue weighted by Crippen LogP contribution is -2.25. The van der Waals surface area contributed by atoms with Gasteiger partial charge < -0.3 is 8.38 Å². The molecule has 1 N–H and O–H groups in total. The van der Waals surface area contributed by atoms with Crippen molar-refractivity contribution in [3.8, 4) is 5.69 Å². The number of hydrogen-bond donors (Lipinski definition) is 1. The molecule has 0 saturated carbocycles. The molecule has 0 atom stereocenters. The Labute approximate surface area is 159 Å². The zero-order valence-corrected chi connectivity index (χ0v) is 16.0. The van der Waals surface area contributed by atoms with Gasteiger partial charge in [-0.15, -0.1) is 0 Å². The Bertz CT molecular complexity index is 816. The second-order valence-electron chi connectivity index (χ2n) is 5.24. The highest BCUT2D eigenvalue weighted by Gasteiger charge is 2.13. The Kier molecular flexibility index (Phi) is 7.32. The second-order valence-corrected chi connectivity index (χ2v) is 5.86. The van der Waals surface area contributed by atoms with Crippen LogP contribution in [0.4, 0.5) is 4.39 Å². The number of aromatic nitrogens is 2. The highest BCUT2D eigenvalue weighted by Crippen LogP contribution is 2.13. The van der Waals surface area contributed by atoms with Crippen molar-refractivity contribution in [1.82, 2.24) is 14.9 Å². The topological polar surface area (TPSA) is 56.2 Å². The molecule has 0 spiro atoms. The van der Waals surface area contributed by atoms with Crippen LogP contribution in [-0.2, 0) is 9.49 Å². The number of nitrogens with zero attached hydrogens (tertiary/aromatic N) is 2. The lowest BCUT2D eigenvalue weighted by Gasteiger charge is -2.12. The van der Waals surface area contributed by atoms with Crippen LogP contribution in [0, 0.1) is 5.82 Å². The van der Waals surface area contributed by atoms with E-state index in [1.165, 1.54) is 16.7 Å². The highest BCUT2D eigenvalue weighted by atomic mass is 127. The van der Waals surface area contributed by atoms with E-state index < -0.39 is 0 Å². The lowest BCUT2D eigenvalue weighted by molar-refractivity contribution is 0.412. The van der Waals surface area contributed by atoms with Crippen LogP contribution >= 0.6 is 23.0 Å². The van der Waals surface area contributed by atoms with Gasteiger partial charge in [0.15, 0.2) is 0 Å². The third kappa shape index (κ3) is 4.99. The van der Waals surface area contributed by atoms with E-state index in [-0.39, 0.29) is 11.4 Å². The lowest BCUT2D eigenvalue weighted by atomic mass is 10.1. The number of rotatable bonds is 8. The maximum atomic E-state index is 13.2. The Morgan fingerprint density at radius 2 is 2.16 bits per heavy atom. The largest absolute Gasteiger partial charge is 0.393 e. The van der Waals surface area contributed by atoms with Crippen LogP contribution in [0.15, 0.2) is 54.1 Å². The van der Waals surface area contributed by atoms with Crippen molar-refractivity contribution < 1.29 is 7.46 Å². The fourth-order valence-corrected chi connectivity index (χ4v) is 2.64. The summed E-state index contributed by atoms with van der Waals surface area (Å²) in [6, 6.07) is 5.77. The number of hydrogen-bond acceptors (Lipinski definition) is 4. The summed E-state index contributed by atoms with van der Waals surface area (Å²) >= 11 is 1.85. The van der Waals surface area contributed by atoms with E-state index in [0.29, 0.717) is 30.0 Å². The SMILES string of the molecule is C=C/C(=C\NC)c1nc(CCCOI)cn(-c2ccc(F)cc2)c1=O. The van der Waals surface area contributed by atoms with E-state index in [0.717, 1.165) is 12.1 Å². The Morgan fingerprint density at radius 1 is 1.44 bits per heavy atom. The number of allylic oxidation sites excluding steroid dienone is 2. The summed E-state index contributed by atoms with van der Waals surface area (Å²) in [4.78, 5) is 17.4. The smallest absolute Gasteiger partial charge is 0.281 e. The number of benzene rings is 1. The summed E-state index contributed by atoms with van der Waals surface area (Å²) in [6.07, 6.45) is 6.36. The molecule has 0 unspecified atom stereocenters. The number of nitrogens with one attached hydrogen (secondary N) is 1. The second kappa shape index (κ2) is 9.47. The van der Waals surface area contributed by atoms with Crippen LogP contribution in [0.1, 0.15) is 17.8 Å². The standard InChI is InChI=1S/C18H19FIN3O2/c1-3-13(11-21-2)17-18(24)23(16-8-6-14(19)7-9-16)12-15(22-17)5-4-10-25-20/h3,6-9,11-12,21H,1,4-5,10H2,2H3/b13-11+. The quantitative estimate of drug-likeness (QED) is 0.377. The third-order valence-corrected chi connectivity index (χ3v) is 3.95. The van der Waals surface area contributed by atoms with Crippen molar-refractivity contribution >= 4 is 28.6 Å². The van der Waals surface area contributed by atoms with Gasteiger partial charge in [-0.05, 0) is 37.1 Å². The predicted octanol–water partition coefficient (Wildman–Crippen LogP) is 3.42. The molecule has 0 radical (unpaired) electrons. The monoisotopic (exact) mass is 455 g/mol. The Morgan fingerprint density at radius 3 is 2.76 bits per heavy atom. The first-order chi connectivity index (χ1) is 12.1. The molecule has 7 heteroatoms. The average molecular weight is 455 g/mol. The summed E-state index contributed by atoms with van der Waals surface area (Å²) in [5, 5.41) is 2.89. The Balaban J connectivity index is 2.58. The fraction of sp³-hybridized carbons (Fsp3) is 0.222. The van der Waals surface area contributed by atoms with Crippen molar-refractivity contribution in [3.63, 3.8) is 0 Å². The Hall–Kier alpha value is -2.00. The summed E-state index contributed by atoms with van der Waals surface area (Å²) < 4.78 is 19.7. The molecule has 0 aliphatic heterocycles. The minimum Gasteiger partial charge on any atom is -0.393 e. The van der Waals surface area contributed by atoms with Gasteiger partial charge in [0.05, 0.1) is 12.3 Å². The molecule has 1 aromatic carbocycles. The van der Waals surface area contributed by atoms with Gasteiger partial charge in [-0.2, -0.15) is 0 Å². The maximum Gasteiger partial charge on any atom is 0.281 e. The van der Waals surface area contributed by atoms with Crippen LogP contribution < -0.4 is 10.9 Å². The van der Waals surface area contributed by atoms with Gasteiger partial charge in [-0.1, -0.05) is 12.7 Å². The molecular weight excluding hydrogens is 436 g/mol. The molecular formula is C18H19FIN3O2. The molecule has 132 valence electrons. The molecule has 0 amide bonds. The van der Waals surface area contributed by atoms with Crippen molar-refractivity contribution in [3.05, 3.63) is 76.9 Å². The molecule has 0 aliphatic carbocycles. The van der Waals surface area contributed by atoms with Gasteiger partial charge in [0, 0.05) is 30.7 Å². The zero-order chi connectivity index (χ0) is 18.2. The summed E-state index contributed by atoms with van der Waals surface area (Å²) in [5.41, 5.74) is 1.92. The highest BCUT2D eigenvalue weighted by molar-refractivity contribution is 14.1. The van der Waals surface area contributed by atoms with Gasteiger partial charge in [0.25, 0.3) is 5.56 Å². The fourth-order valence-electron chi connectivity index (χ4n) is 2.33. The van der Waals surface area contributed by atoms with Gasteiger partial charge in [-0.3, -0.25) is 9.36 Å². The normalized spacial score (nSPS) is 11.4. The van der Waals surface area contributed by atoms with Crippen LogP contribution in [0.5, 0.6) is 0 Å². The van der Waals surface area contributed by atoms with E-state index in [2.05, 4.69) is 16.9 Å². The van der Waals surface area contributed by atoms with Crippen LogP contribution in [0.2, 0.25) is 0 Å². The molecule has 2 aromatic rings. The van der Waals surface area contributed by atoms with Crippen molar-refractivity contribution in [1.29, 1.82) is 0 Å². The summed E-state index contributed by atoms with van der Waals surface area (Å²) in [5.74, 6) is -0.354. The van der Waals surface area contributed by atoms with E-state index in [1.54, 1.807) is 37.7 Å². The molecule has 0 aliphatic rings. The molecule has 5 nitrogen and oxygen atoms in total. The first-order valence-electron chi connectivity index (χ1n) is 7.73. The molecule has 2 rings (SSSR count). The van der Waals surface area contributed by atoms with Crippen LogP contribution in [0.3, 0.4) is 0 Å². The van der Waals surface area contributed by atoms with Crippen LogP contribution in [0.25, 0.3) is 11.3 Å². The van der Waals surface area contributed by atoms with E-state index in [1.807, 2.05) is 23.0 Å².